The van der Waals surface area contributed by atoms with E-state index in [1.54, 1.807) is 0 Å². The molecule has 1 amide bonds. The number of rotatable bonds is 7. The maximum Gasteiger partial charge on any atom is 0.220 e. The van der Waals surface area contributed by atoms with Crippen LogP contribution in [0.4, 0.5) is 0 Å². The largest absolute Gasteiger partial charge is 0.354 e. The molecular formula is C16H33ClN2O. The molecule has 3 N–H and O–H groups in total. The molecule has 0 heterocycles. The summed E-state index contributed by atoms with van der Waals surface area (Å²) in [6, 6.07) is 0.285. The van der Waals surface area contributed by atoms with E-state index in [1.807, 2.05) is 0 Å². The number of carbonyl (C=O) groups is 1. The Morgan fingerprint density at radius 3 is 2.25 bits per heavy atom. The SMILES string of the molecule is CC(C)CCC(C)NC(=O)CC1(CN)CCCCC1.Cl. The quantitative estimate of drug-likeness (QED) is 0.754. The Bertz CT molecular complexity index is 276. The Balaban J connectivity index is 0.00000361. The molecule has 3 nitrogen and oxygen atoms in total. The zero-order chi connectivity index (χ0) is 14.3. The summed E-state index contributed by atoms with van der Waals surface area (Å²) in [5.41, 5.74) is 6.02. The molecule has 1 aliphatic rings. The second kappa shape index (κ2) is 9.62. The van der Waals surface area contributed by atoms with Crippen LogP contribution in [-0.2, 0) is 4.79 Å². The molecule has 4 heteroatoms. The Kier molecular flexibility index (Phi) is 9.48. The lowest BCUT2D eigenvalue weighted by Gasteiger charge is -2.36. The van der Waals surface area contributed by atoms with Gasteiger partial charge in [0.2, 0.25) is 5.91 Å². The molecule has 0 aliphatic heterocycles. The van der Waals surface area contributed by atoms with E-state index in [4.69, 9.17) is 5.73 Å². The van der Waals surface area contributed by atoms with E-state index >= 15 is 0 Å². The molecule has 0 radical (unpaired) electrons. The fourth-order valence-corrected chi connectivity index (χ4v) is 3.08. The fourth-order valence-electron chi connectivity index (χ4n) is 3.08. The van der Waals surface area contributed by atoms with Crippen LogP contribution in [0.5, 0.6) is 0 Å². The molecule has 1 saturated carbocycles. The maximum atomic E-state index is 12.2. The van der Waals surface area contributed by atoms with Gasteiger partial charge in [0, 0.05) is 12.5 Å². The van der Waals surface area contributed by atoms with Crippen molar-refractivity contribution in [3.63, 3.8) is 0 Å². The number of amides is 1. The van der Waals surface area contributed by atoms with Crippen LogP contribution >= 0.6 is 12.4 Å². The molecule has 20 heavy (non-hydrogen) atoms. The minimum Gasteiger partial charge on any atom is -0.354 e. The first-order chi connectivity index (χ1) is 8.97. The average Bonchev–Trinajstić information content (AvgIpc) is 2.37. The summed E-state index contributed by atoms with van der Waals surface area (Å²) in [5.74, 6) is 0.900. The molecule has 0 aromatic carbocycles. The second-order valence-corrected chi connectivity index (χ2v) is 6.88. The standard InChI is InChI=1S/C16H32N2O.ClH/c1-13(2)7-8-14(3)18-15(19)11-16(12-17)9-5-4-6-10-16;/h13-14H,4-12,17H2,1-3H3,(H,18,19);1H. The summed E-state index contributed by atoms with van der Waals surface area (Å²) in [6.45, 7) is 7.21. The van der Waals surface area contributed by atoms with Crippen LogP contribution in [0.25, 0.3) is 0 Å². The smallest absolute Gasteiger partial charge is 0.220 e. The molecule has 0 spiro atoms. The highest BCUT2D eigenvalue weighted by molar-refractivity contribution is 5.85. The van der Waals surface area contributed by atoms with Crippen molar-refractivity contribution < 1.29 is 4.79 Å². The molecule has 0 aromatic heterocycles. The lowest BCUT2D eigenvalue weighted by atomic mass is 9.71. The highest BCUT2D eigenvalue weighted by atomic mass is 35.5. The van der Waals surface area contributed by atoms with Gasteiger partial charge >= 0.3 is 0 Å². The lowest BCUT2D eigenvalue weighted by molar-refractivity contribution is -0.124. The van der Waals surface area contributed by atoms with Gasteiger partial charge in [-0.05, 0) is 50.5 Å². The van der Waals surface area contributed by atoms with Crippen LogP contribution in [0.3, 0.4) is 0 Å². The van der Waals surface area contributed by atoms with Gasteiger partial charge in [0.25, 0.3) is 0 Å². The number of nitrogens with one attached hydrogen (secondary N) is 1. The molecule has 0 saturated heterocycles. The normalized spacial score (nSPS) is 19.2. The summed E-state index contributed by atoms with van der Waals surface area (Å²) >= 11 is 0. The average molecular weight is 305 g/mol. The van der Waals surface area contributed by atoms with E-state index in [0.717, 1.165) is 19.3 Å². The van der Waals surface area contributed by atoms with Gasteiger partial charge in [-0.2, -0.15) is 0 Å². The van der Waals surface area contributed by atoms with Crippen molar-refractivity contribution in [2.24, 2.45) is 17.1 Å². The predicted molar refractivity (Wildman–Crippen MR) is 88.1 cm³/mol. The minimum atomic E-state index is 0. The molecule has 1 rings (SSSR count). The van der Waals surface area contributed by atoms with Crippen molar-refractivity contribution in [1.29, 1.82) is 0 Å². The number of halogens is 1. The van der Waals surface area contributed by atoms with Gasteiger partial charge in [0.05, 0.1) is 0 Å². The first-order valence-electron chi connectivity index (χ1n) is 7.97. The van der Waals surface area contributed by atoms with Crippen molar-refractivity contribution in [2.75, 3.05) is 6.54 Å². The molecular weight excluding hydrogens is 272 g/mol. The van der Waals surface area contributed by atoms with Crippen LogP contribution in [0, 0.1) is 11.3 Å². The predicted octanol–water partition coefficient (Wildman–Crippen LogP) is 3.65. The van der Waals surface area contributed by atoms with Gasteiger partial charge < -0.3 is 11.1 Å². The van der Waals surface area contributed by atoms with Gasteiger partial charge in [-0.25, -0.2) is 0 Å². The third-order valence-corrected chi connectivity index (χ3v) is 4.47. The first-order valence-corrected chi connectivity index (χ1v) is 7.97. The molecule has 0 bridgehead atoms. The molecule has 1 aliphatic carbocycles. The van der Waals surface area contributed by atoms with Crippen LogP contribution < -0.4 is 11.1 Å². The van der Waals surface area contributed by atoms with Gasteiger partial charge in [0.1, 0.15) is 0 Å². The van der Waals surface area contributed by atoms with Gasteiger partial charge in [-0.15, -0.1) is 12.4 Å². The molecule has 1 unspecified atom stereocenters. The van der Waals surface area contributed by atoms with E-state index in [-0.39, 0.29) is 29.8 Å². The van der Waals surface area contributed by atoms with E-state index in [0.29, 0.717) is 18.9 Å². The first kappa shape index (κ1) is 19.7. The Hall–Kier alpha value is -0.280. The second-order valence-electron chi connectivity index (χ2n) is 6.88. The molecule has 120 valence electrons. The molecule has 1 fully saturated rings. The summed E-state index contributed by atoms with van der Waals surface area (Å²) in [7, 11) is 0. The summed E-state index contributed by atoms with van der Waals surface area (Å²) < 4.78 is 0. The monoisotopic (exact) mass is 304 g/mol. The van der Waals surface area contributed by atoms with Gasteiger partial charge in [-0.3, -0.25) is 4.79 Å². The Morgan fingerprint density at radius 2 is 1.75 bits per heavy atom. The number of carbonyl (C=O) groups excluding carboxylic acids is 1. The third kappa shape index (κ3) is 6.94. The van der Waals surface area contributed by atoms with Crippen LogP contribution in [-0.4, -0.2) is 18.5 Å². The van der Waals surface area contributed by atoms with Crippen molar-refractivity contribution in [2.45, 2.75) is 78.2 Å². The van der Waals surface area contributed by atoms with Crippen molar-refractivity contribution >= 4 is 18.3 Å². The van der Waals surface area contributed by atoms with Crippen LogP contribution in [0.1, 0.15) is 72.1 Å². The van der Waals surface area contributed by atoms with E-state index in [9.17, 15) is 4.79 Å². The van der Waals surface area contributed by atoms with Crippen molar-refractivity contribution in [3.8, 4) is 0 Å². The molecule has 0 aromatic rings. The van der Waals surface area contributed by atoms with E-state index < -0.39 is 0 Å². The lowest BCUT2D eigenvalue weighted by Crippen LogP contribution is -2.41. The topological polar surface area (TPSA) is 55.1 Å². The number of hydrogen-bond donors (Lipinski definition) is 2. The fraction of sp³-hybridized carbons (Fsp3) is 0.938. The summed E-state index contributed by atoms with van der Waals surface area (Å²) in [5, 5.41) is 3.15. The number of hydrogen-bond acceptors (Lipinski definition) is 2. The molecule has 1 atom stereocenters. The minimum absolute atomic E-state index is 0. The maximum absolute atomic E-state index is 12.2. The highest BCUT2D eigenvalue weighted by Crippen LogP contribution is 2.38. The summed E-state index contributed by atoms with van der Waals surface area (Å²) in [4.78, 5) is 12.2. The highest BCUT2D eigenvalue weighted by Gasteiger charge is 2.33. The van der Waals surface area contributed by atoms with E-state index in [2.05, 4.69) is 26.1 Å². The van der Waals surface area contributed by atoms with E-state index in [1.165, 1.54) is 25.7 Å². The van der Waals surface area contributed by atoms with Gasteiger partial charge in [0.15, 0.2) is 0 Å². The van der Waals surface area contributed by atoms with Crippen LogP contribution in [0.2, 0.25) is 0 Å². The Morgan fingerprint density at radius 1 is 1.15 bits per heavy atom. The zero-order valence-corrected chi connectivity index (χ0v) is 14.2. The third-order valence-electron chi connectivity index (χ3n) is 4.47. The number of nitrogens with two attached hydrogens (primary N) is 1. The summed E-state index contributed by atoms with van der Waals surface area (Å²) in [6.07, 6.45) is 8.86. The van der Waals surface area contributed by atoms with Gasteiger partial charge in [-0.1, -0.05) is 33.1 Å². The van der Waals surface area contributed by atoms with Crippen LogP contribution in [0.15, 0.2) is 0 Å². The Labute approximate surface area is 130 Å². The van der Waals surface area contributed by atoms with Crippen molar-refractivity contribution in [1.82, 2.24) is 5.32 Å². The zero-order valence-electron chi connectivity index (χ0n) is 13.4. The van der Waals surface area contributed by atoms with Crippen molar-refractivity contribution in [3.05, 3.63) is 0 Å².